The molecule has 0 aromatic carbocycles. The predicted octanol–water partition coefficient (Wildman–Crippen LogP) is 3.09. The number of hydrogen-bond donors (Lipinski definition) is 1. The third-order valence-electron chi connectivity index (χ3n) is 6.96. The van der Waals surface area contributed by atoms with Gasteiger partial charge in [-0.25, -0.2) is 4.98 Å². The van der Waals surface area contributed by atoms with E-state index in [1.165, 1.54) is 6.42 Å². The minimum atomic E-state index is -0.149. The van der Waals surface area contributed by atoms with Gasteiger partial charge in [-0.05, 0) is 38.5 Å². The Bertz CT molecular complexity index is 843. The van der Waals surface area contributed by atoms with Crippen LogP contribution in [0.5, 0.6) is 0 Å². The fourth-order valence-electron chi connectivity index (χ4n) is 5.27. The second-order valence-electron chi connectivity index (χ2n) is 9.07. The first-order valence-corrected chi connectivity index (χ1v) is 11.8. The minimum absolute atomic E-state index is 0.118. The number of fused-ring (bicyclic) bond motifs is 1. The molecule has 164 valence electrons. The molecule has 1 saturated carbocycles. The molecule has 7 heteroatoms. The van der Waals surface area contributed by atoms with Gasteiger partial charge in [0, 0.05) is 31.8 Å². The van der Waals surface area contributed by atoms with Gasteiger partial charge in [-0.2, -0.15) is 0 Å². The van der Waals surface area contributed by atoms with E-state index in [9.17, 15) is 14.4 Å². The van der Waals surface area contributed by atoms with E-state index in [0.717, 1.165) is 63.6 Å². The first-order valence-electron chi connectivity index (χ1n) is 11.8. The van der Waals surface area contributed by atoms with Crippen LogP contribution in [0.25, 0.3) is 0 Å². The number of aromatic amines is 1. The van der Waals surface area contributed by atoms with Crippen LogP contribution in [0.1, 0.15) is 94.3 Å². The number of H-pyrrole nitrogens is 1. The average Bonchev–Trinajstić information content (AvgIpc) is 2.79. The molecule has 2 amide bonds. The summed E-state index contributed by atoms with van der Waals surface area (Å²) in [4.78, 5) is 50.0. The van der Waals surface area contributed by atoms with Crippen molar-refractivity contribution in [2.75, 3.05) is 13.1 Å². The fraction of sp³-hybridized carbons (Fsp3) is 0.739. The van der Waals surface area contributed by atoms with Gasteiger partial charge in [-0.15, -0.1) is 0 Å². The van der Waals surface area contributed by atoms with Gasteiger partial charge in [0.15, 0.2) is 0 Å². The fourth-order valence-corrected chi connectivity index (χ4v) is 5.27. The Morgan fingerprint density at radius 1 is 1.07 bits per heavy atom. The van der Waals surface area contributed by atoms with E-state index in [1.807, 2.05) is 16.7 Å². The second kappa shape index (κ2) is 9.31. The largest absolute Gasteiger partial charge is 0.337 e. The van der Waals surface area contributed by atoms with Gasteiger partial charge in [0.1, 0.15) is 5.82 Å². The maximum absolute atomic E-state index is 12.9. The molecule has 0 radical (unpaired) electrons. The molecule has 2 fully saturated rings. The number of aromatic nitrogens is 2. The summed E-state index contributed by atoms with van der Waals surface area (Å²) < 4.78 is 0. The smallest absolute Gasteiger partial charge is 0.256 e. The van der Waals surface area contributed by atoms with Gasteiger partial charge in [-0.3, -0.25) is 14.4 Å². The number of hydrogen-bond acceptors (Lipinski definition) is 4. The number of carbonyl (C=O) groups excluding carboxylic acids is 2. The Kier molecular flexibility index (Phi) is 6.54. The van der Waals surface area contributed by atoms with Crippen molar-refractivity contribution in [3.8, 4) is 0 Å². The van der Waals surface area contributed by atoms with E-state index in [1.54, 1.807) is 0 Å². The molecule has 1 aromatic heterocycles. The molecule has 7 nitrogen and oxygen atoms in total. The number of nitrogens with one attached hydrogen (secondary N) is 1. The molecule has 1 aliphatic carbocycles. The van der Waals surface area contributed by atoms with E-state index in [2.05, 4.69) is 4.98 Å². The lowest BCUT2D eigenvalue weighted by molar-refractivity contribution is -0.137. The first-order chi connectivity index (χ1) is 14.6. The summed E-state index contributed by atoms with van der Waals surface area (Å²) in [5.74, 6) is 1.08. The predicted molar refractivity (Wildman–Crippen MR) is 114 cm³/mol. The first kappa shape index (κ1) is 21.1. The highest BCUT2D eigenvalue weighted by molar-refractivity contribution is 5.79. The van der Waals surface area contributed by atoms with Gasteiger partial charge in [0.2, 0.25) is 11.8 Å². The van der Waals surface area contributed by atoms with Crippen molar-refractivity contribution in [2.45, 2.75) is 90.1 Å². The molecular weight excluding hydrogens is 380 g/mol. The van der Waals surface area contributed by atoms with Gasteiger partial charge in [0.25, 0.3) is 5.56 Å². The van der Waals surface area contributed by atoms with Crippen molar-refractivity contribution in [1.29, 1.82) is 0 Å². The van der Waals surface area contributed by atoms with E-state index in [4.69, 9.17) is 4.98 Å². The van der Waals surface area contributed by atoms with Gasteiger partial charge >= 0.3 is 0 Å². The quantitative estimate of drug-likeness (QED) is 0.820. The lowest BCUT2D eigenvalue weighted by atomic mass is 9.88. The van der Waals surface area contributed by atoms with Crippen molar-refractivity contribution in [3.05, 3.63) is 27.4 Å². The highest BCUT2D eigenvalue weighted by Crippen LogP contribution is 2.31. The summed E-state index contributed by atoms with van der Waals surface area (Å²) in [6.07, 6.45) is 10.2. The molecule has 1 atom stereocenters. The monoisotopic (exact) mass is 414 g/mol. The standard InChI is InChI=1S/C23H34N4O3/c1-2-8-20(28)27-13-7-6-11-19(27)21-24-18-12-14-26(15-17(18)22(29)25-21)23(30)16-9-4-3-5-10-16/h16,19H,2-15H2,1H3,(H,24,25,29)/t19-/m0/s1. The summed E-state index contributed by atoms with van der Waals surface area (Å²) in [7, 11) is 0. The van der Waals surface area contributed by atoms with Crippen LogP contribution in [0.15, 0.2) is 4.79 Å². The van der Waals surface area contributed by atoms with Gasteiger partial charge in [-0.1, -0.05) is 26.2 Å². The van der Waals surface area contributed by atoms with Crippen LogP contribution in [0.3, 0.4) is 0 Å². The molecule has 3 heterocycles. The lowest BCUT2D eigenvalue weighted by Crippen LogP contribution is -2.44. The molecular formula is C23H34N4O3. The Morgan fingerprint density at radius 2 is 1.83 bits per heavy atom. The third kappa shape index (κ3) is 4.30. The molecule has 0 unspecified atom stereocenters. The van der Waals surface area contributed by atoms with E-state index < -0.39 is 0 Å². The normalized spacial score (nSPS) is 22.6. The van der Waals surface area contributed by atoms with Crippen LogP contribution in [0.2, 0.25) is 0 Å². The Labute approximate surface area is 178 Å². The van der Waals surface area contributed by atoms with Crippen molar-refractivity contribution in [1.82, 2.24) is 19.8 Å². The molecule has 0 spiro atoms. The Balaban J connectivity index is 1.53. The number of piperidine rings is 1. The molecule has 1 aromatic rings. The SMILES string of the molecule is CCCC(=O)N1CCCC[C@H]1c1nc2c(c(=O)[nH]1)CN(C(=O)C1CCCCC1)CC2. The summed E-state index contributed by atoms with van der Waals surface area (Å²) in [5.41, 5.74) is 1.27. The zero-order valence-electron chi connectivity index (χ0n) is 18.1. The lowest BCUT2D eigenvalue weighted by Gasteiger charge is -2.36. The number of likely N-dealkylation sites (tertiary alicyclic amines) is 1. The molecule has 4 rings (SSSR count). The third-order valence-corrected chi connectivity index (χ3v) is 6.96. The van der Waals surface area contributed by atoms with Crippen LogP contribution in [-0.2, 0) is 22.6 Å². The number of nitrogens with zero attached hydrogens (tertiary/aromatic N) is 3. The summed E-state index contributed by atoms with van der Waals surface area (Å²) in [5, 5.41) is 0. The topological polar surface area (TPSA) is 86.4 Å². The van der Waals surface area contributed by atoms with Gasteiger partial charge in [0.05, 0.1) is 23.8 Å². The summed E-state index contributed by atoms with van der Waals surface area (Å²) in [6, 6.07) is -0.141. The summed E-state index contributed by atoms with van der Waals surface area (Å²) in [6.45, 7) is 3.72. The molecule has 2 aliphatic heterocycles. The van der Waals surface area contributed by atoms with E-state index >= 15 is 0 Å². The zero-order valence-corrected chi connectivity index (χ0v) is 18.1. The van der Waals surface area contributed by atoms with Crippen LogP contribution >= 0.6 is 0 Å². The van der Waals surface area contributed by atoms with Crippen molar-refractivity contribution in [3.63, 3.8) is 0 Å². The Morgan fingerprint density at radius 3 is 2.60 bits per heavy atom. The van der Waals surface area contributed by atoms with Crippen molar-refractivity contribution < 1.29 is 9.59 Å². The molecule has 1 saturated heterocycles. The minimum Gasteiger partial charge on any atom is -0.337 e. The van der Waals surface area contributed by atoms with E-state index in [-0.39, 0.29) is 29.3 Å². The van der Waals surface area contributed by atoms with Crippen LogP contribution < -0.4 is 5.56 Å². The van der Waals surface area contributed by atoms with Crippen molar-refractivity contribution >= 4 is 11.8 Å². The van der Waals surface area contributed by atoms with Crippen molar-refractivity contribution in [2.24, 2.45) is 5.92 Å². The highest BCUT2D eigenvalue weighted by atomic mass is 16.2. The maximum atomic E-state index is 12.9. The molecule has 0 bridgehead atoms. The zero-order chi connectivity index (χ0) is 21.1. The number of carbonyl (C=O) groups is 2. The average molecular weight is 415 g/mol. The molecule has 30 heavy (non-hydrogen) atoms. The number of amides is 2. The van der Waals surface area contributed by atoms with Crippen LogP contribution in [-0.4, -0.2) is 44.7 Å². The molecule has 3 aliphatic rings. The highest BCUT2D eigenvalue weighted by Gasteiger charge is 2.33. The summed E-state index contributed by atoms with van der Waals surface area (Å²) >= 11 is 0. The second-order valence-corrected chi connectivity index (χ2v) is 9.07. The maximum Gasteiger partial charge on any atom is 0.256 e. The molecule has 1 N–H and O–H groups in total. The van der Waals surface area contributed by atoms with Crippen LogP contribution in [0.4, 0.5) is 0 Å². The van der Waals surface area contributed by atoms with Crippen LogP contribution in [0, 0.1) is 5.92 Å². The Hall–Kier alpha value is -2.18. The van der Waals surface area contributed by atoms with E-state index in [0.29, 0.717) is 37.3 Å². The van der Waals surface area contributed by atoms with Gasteiger partial charge < -0.3 is 14.8 Å². The number of rotatable bonds is 4.